The molecule has 96 valence electrons. The molecule has 0 aliphatic carbocycles. The van der Waals surface area contributed by atoms with E-state index < -0.39 is 0 Å². The van der Waals surface area contributed by atoms with Gasteiger partial charge in [-0.15, -0.1) is 0 Å². The summed E-state index contributed by atoms with van der Waals surface area (Å²) in [4.78, 5) is 3.95. The third-order valence-electron chi connectivity index (χ3n) is 2.84. The van der Waals surface area contributed by atoms with E-state index in [1.54, 1.807) is 19.5 Å². The van der Waals surface area contributed by atoms with Crippen LogP contribution in [0.1, 0.15) is 17.2 Å². The van der Waals surface area contributed by atoms with Gasteiger partial charge in [0, 0.05) is 18.9 Å². The van der Waals surface area contributed by atoms with Crippen LogP contribution in [-0.2, 0) is 6.54 Å². The SMILES string of the molecule is COc1ccc(CNC(C#N)c2ccncc2)cc1. The number of nitrogens with one attached hydrogen (secondary N) is 1. The van der Waals surface area contributed by atoms with E-state index in [-0.39, 0.29) is 6.04 Å². The molecule has 1 N–H and O–H groups in total. The maximum absolute atomic E-state index is 9.19. The molecule has 0 amide bonds. The van der Waals surface area contributed by atoms with Crippen LogP contribution in [0.25, 0.3) is 0 Å². The van der Waals surface area contributed by atoms with Gasteiger partial charge in [-0.3, -0.25) is 10.3 Å². The maximum Gasteiger partial charge on any atom is 0.121 e. The van der Waals surface area contributed by atoms with Crippen molar-refractivity contribution in [3.05, 3.63) is 59.9 Å². The van der Waals surface area contributed by atoms with Crippen LogP contribution in [0.2, 0.25) is 0 Å². The molecule has 0 bridgehead atoms. The molecular formula is C15H15N3O. The number of nitriles is 1. The van der Waals surface area contributed by atoms with Crippen molar-refractivity contribution < 1.29 is 4.74 Å². The average Bonchev–Trinajstić information content (AvgIpc) is 2.49. The van der Waals surface area contributed by atoms with E-state index in [9.17, 15) is 5.26 Å². The lowest BCUT2D eigenvalue weighted by Gasteiger charge is -2.11. The Hall–Kier alpha value is -2.38. The van der Waals surface area contributed by atoms with Crippen molar-refractivity contribution in [3.63, 3.8) is 0 Å². The van der Waals surface area contributed by atoms with Crippen LogP contribution < -0.4 is 10.1 Å². The zero-order valence-electron chi connectivity index (χ0n) is 10.7. The van der Waals surface area contributed by atoms with Crippen LogP contribution in [0, 0.1) is 11.3 Å². The summed E-state index contributed by atoms with van der Waals surface area (Å²) in [6, 6.07) is 13.4. The molecule has 1 unspecified atom stereocenters. The van der Waals surface area contributed by atoms with Crippen molar-refractivity contribution in [1.29, 1.82) is 5.26 Å². The number of hydrogen-bond donors (Lipinski definition) is 1. The number of ether oxygens (including phenoxy) is 1. The second-order valence-corrected chi connectivity index (χ2v) is 4.07. The lowest BCUT2D eigenvalue weighted by Crippen LogP contribution is -2.19. The predicted molar refractivity (Wildman–Crippen MR) is 72.4 cm³/mol. The van der Waals surface area contributed by atoms with Gasteiger partial charge in [-0.1, -0.05) is 12.1 Å². The fourth-order valence-corrected chi connectivity index (χ4v) is 1.76. The molecule has 4 nitrogen and oxygen atoms in total. The molecule has 2 aromatic rings. The lowest BCUT2D eigenvalue weighted by atomic mass is 10.1. The van der Waals surface area contributed by atoms with E-state index in [0.717, 1.165) is 16.9 Å². The van der Waals surface area contributed by atoms with Crippen LogP contribution in [0.15, 0.2) is 48.8 Å². The molecule has 4 heteroatoms. The Kier molecular flexibility index (Phi) is 4.49. The van der Waals surface area contributed by atoms with Crippen LogP contribution in [0.3, 0.4) is 0 Å². The minimum Gasteiger partial charge on any atom is -0.497 e. The van der Waals surface area contributed by atoms with Crippen molar-refractivity contribution in [3.8, 4) is 11.8 Å². The second kappa shape index (κ2) is 6.53. The quantitative estimate of drug-likeness (QED) is 0.889. The van der Waals surface area contributed by atoms with Gasteiger partial charge < -0.3 is 4.74 Å². The summed E-state index contributed by atoms with van der Waals surface area (Å²) in [5.74, 6) is 0.828. The van der Waals surface area contributed by atoms with E-state index in [4.69, 9.17) is 4.74 Å². The van der Waals surface area contributed by atoms with Crippen molar-refractivity contribution in [2.45, 2.75) is 12.6 Å². The largest absolute Gasteiger partial charge is 0.497 e. The highest BCUT2D eigenvalue weighted by Gasteiger charge is 2.08. The minimum atomic E-state index is -0.329. The zero-order chi connectivity index (χ0) is 13.5. The summed E-state index contributed by atoms with van der Waals surface area (Å²) in [5, 5.41) is 12.4. The van der Waals surface area contributed by atoms with Gasteiger partial charge in [-0.25, -0.2) is 0 Å². The fourth-order valence-electron chi connectivity index (χ4n) is 1.76. The van der Waals surface area contributed by atoms with Crippen molar-refractivity contribution >= 4 is 0 Å². The molecule has 1 atom stereocenters. The summed E-state index contributed by atoms with van der Waals surface area (Å²) in [7, 11) is 1.64. The predicted octanol–water partition coefficient (Wildman–Crippen LogP) is 2.44. The number of rotatable bonds is 5. The van der Waals surface area contributed by atoms with Crippen LogP contribution in [0.4, 0.5) is 0 Å². The first-order chi connectivity index (χ1) is 9.33. The Morgan fingerprint density at radius 3 is 2.47 bits per heavy atom. The highest BCUT2D eigenvalue weighted by molar-refractivity contribution is 5.28. The Morgan fingerprint density at radius 2 is 1.89 bits per heavy atom. The smallest absolute Gasteiger partial charge is 0.121 e. The zero-order valence-corrected chi connectivity index (χ0v) is 10.7. The number of methoxy groups -OCH3 is 1. The van der Waals surface area contributed by atoms with Crippen LogP contribution in [-0.4, -0.2) is 12.1 Å². The van der Waals surface area contributed by atoms with Gasteiger partial charge in [0.2, 0.25) is 0 Å². The van der Waals surface area contributed by atoms with Gasteiger partial charge >= 0.3 is 0 Å². The molecule has 2 rings (SSSR count). The summed E-state index contributed by atoms with van der Waals surface area (Å²) in [6.45, 7) is 0.630. The Morgan fingerprint density at radius 1 is 1.21 bits per heavy atom. The van der Waals surface area contributed by atoms with Crippen molar-refractivity contribution in [2.24, 2.45) is 0 Å². The van der Waals surface area contributed by atoms with Gasteiger partial charge in [0.15, 0.2) is 0 Å². The van der Waals surface area contributed by atoms with Crippen LogP contribution >= 0.6 is 0 Å². The monoisotopic (exact) mass is 253 g/mol. The molecule has 0 aliphatic rings. The molecule has 0 radical (unpaired) electrons. The summed E-state index contributed by atoms with van der Waals surface area (Å²) < 4.78 is 5.11. The molecule has 1 heterocycles. The molecule has 0 fully saturated rings. The summed E-state index contributed by atoms with van der Waals surface area (Å²) in [6.07, 6.45) is 3.38. The number of nitrogens with zero attached hydrogens (tertiary/aromatic N) is 2. The first kappa shape index (κ1) is 13.1. The van der Waals surface area contributed by atoms with E-state index in [2.05, 4.69) is 16.4 Å². The topological polar surface area (TPSA) is 57.9 Å². The number of hydrogen-bond acceptors (Lipinski definition) is 4. The fraction of sp³-hybridized carbons (Fsp3) is 0.200. The third-order valence-corrected chi connectivity index (χ3v) is 2.84. The van der Waals surface area contributed by atoms with Gasteiger partial charge in [0.05, 0.1) is 13.2 Å². The Balaban J connectivity index is 1.98. The minimum absolute atomic E-state index is 0.329. The van der Waals surface area contributed by atoms with Crippen molar-refractivity contribution in [1.82, 2.24) is 10.3 Å². The molecule has 19 heavy (non-hydrogen) atoms. The number of benzene rings is 1. The van der Waals surface area contributed by atoms with E-state index >= 15 is 0 Å². The maximum atomic E-state index is 9.19. The highest BCUT2D eigenvalue weighted by atomic mass is 16.5. The summed E-state index contributed by atoms with van der Waals surface area (Å²) >= 11 is 0. The molecule has 0 saturated carbocycles. The molecule has 0 aliphatic heterocycles. The Bertz CT molecular complexity index is 546. The van der Waals surface area contributed by atoms with E-state index in [1.165, 1.54) is 0 Å². The molecule has 1 aromatic heterocycles. The standard InChI is InChI=1S/C15H15N3O/c1-19-14-4-2-12(3-5-14)11-18-15(10-16)13-6-8-17-9-7-13/h2-9,15,18H,11H2,1H3. The van der Waals surface area contributed by atoms with Gasteiger partial charge in [0.25, 0.3) is 0 Å². The normalized spacial score (nSPS) is 11.6. The van der Waals surface area contributed by atoms with Gasteiger partial charge in [0.1, 0.15) is 11.8 Å². The van der Waals surface area contributed by atoms with Gasteiger partial charge in [-0.05, 0) is 35.4 Å². The highest BCUT2D eigenvalue weighted by Crippen LogP contribution is 2.14. The molecular weight excluding hydrogens is 238 g/mol. The second-order valence-electron chi connectivity index (χ2n) is 4.07. The number of aromatic nitrogens is 1. The lowest BCUT2D eigenvalue weighted by molar-refractivity contribution is 0.414. The van der Waals surface area contributed by atoms with E-state index in [0.29, 0.717) is 6.54 Å². The summed E-state index contributed by atoms with van der Waals surface area (Å²) in [5.41, 5.74) is 2.03. The van der Waals surface area contributed by atoms with Crippen molar-refractivity contribution in [2.75, 3.05) is 7.11 Å². The first-order valence-electron chi connectivity index (χ1n) is 5.99. The third kappa shape index (κ3) is 3.54. The van der Waals surface area contributed by atoms with Gasteiger partial charge in [-0.2, -0.15) is 5.26 Å². The average molecular weight is 253 g/mol. The molecule has 0 saturated heterocycles. The van der Waals surface area contributed by atoms with Crippen LogP contribution in [0.5, 0.6) is 5.75 Å². The number of pyridine rings is 1. The molecule has 1 aromatic carbocycles. The van der Waals surface area contributed by atoms with E-state index in [1.807, 2.05) is 36.4 Å². The Labute approximate surface area is 112 Å². The molecule has 0 spiro atoms. The first-order valence-corrected chi connectivity index (χ1v) is 5.99.